The van der Waals surface area contributed by atoms with E-state index in [0.717, 1.165) is 5.69 Å². The Balaban J connectivity index is 1.90. The number of aromatic nitrogens is 4. The summed E-state index contributed by atoms with van der Waals surface area (Å²) >= 11 is 6.06. The molecule has 0 aromatic carbocycles. The summed E-state index contributed by atoms with van der Waals surface area (Å²) in [6, 6.07) is 8.82. The maximum atomic E-state index is 12.6. The number of carbonyl (C=O) groups is 1. The molecule has 3 aromatic heterocycles. The number of rotatable bonds is 4. The first kappa shape index (κ1) is 15.9. The Morgan fingerprint density at radius 1 is 1.21 bits per heavy atom. The molecule has 3 heterocycles. The lowest BCUT2D eigenvalue weighted by atomic mass is 10.2. The molecule has 0 saturated carbocycles. The number of nitrogens with one attached hydrogen (secondary N) is 2. The van der Waals surface area contributed by atoms with Gasteiger partial charge in [-0.1, -0.05) is 11.6 Å². The van der Waals surface area contributed by atoms with Gasteiger partial charge in [0.25, 0.3) is 5.91 Å². The number of halogens is 1. The van der Waals surface area contributed by atoms with Crippen LogP contribution in [-0.2, 0) is 7.05 Å². The summed E-state index contributed by atoms with van der Waals surface area (Å²) in [5, 5.41) is 10.3. The van der Waals surface area contributed by atoms with Gasteiger partial charge in [0.05, 0.1) is 11.4 Å². The maximum absolute atomic E-state index is 12.6. The molecule has 0 aliphatic carbocycles. The molecule has 0 aliphatic rings. The molecule has 0 aliphatic heterocycles. The minimum absolute atomic E-state index is 0.251. The zero-order chi connectivity index (χ0) is 17.1. The molecular weight excluding hydrogens is 328 g/mol. The fourth-order valence-electron chi connectivity index (χ4n) is 2.11. The summed E-state index contributed by atoms with van der Waals surface area (Å²) in [6.45, 7) is 1.82. The Kier molecular flexibility index (Phi) is 4.43. The summed E-state index contributed by atoms with van der Waals surface area (Å²) < 4.78 is 1.61. The number of amides is 1. The smallest absolute Gasteiger partial charge is 0.277 e. The monoisotopic (exact) mass is 342 g/mol. The SMILES string of the molecule is Cc1ccc(Nc2cccnc2Cl)c(C(=O)Nc2ccn(C)n2)n1. The van der Waals surface area contributed by atoms with Gasteiger partial charge in [0, 0.05) is 31.2 Å². The van der Waals surface area contributed by atoms with Crippen molar-refractivity contribution >= 4 is 34.7 Å². The molecule has 2 N–H and O–H groups in total. The van der Waals surface area contributed by atoms with Crippen molar-refractivity contribution in [2.75, 3.05) is 10.6 Å². The van der Waals surface area contributed by atoms with Gasteiger partial charge >= 0.3 is 0 Å². The molecule has 0 unspecified atom stereocenters. The molecule has 7 nitrogen and oxygen atoms in total. The van der Waals surface area contributed by atoms with Gasteiger partial charge in [0.15, 0.2) is 16.7 Å². The van der Waals surface area contributed by atoms with Crippen LogP contribution in [0.1, 0.15) is 16.2 Å². The number of pyridine rings is 2. The van der Waals surface area contributed by atoms with Gasteiger partial charge in [-0.15, -0.1) is 0 Å². The van der Waals surface area contributed by atoms with E-state index in [4.69, 9.17) is 11.6 Å². The van der Waals surface area contributed by atoms with Crippen molar-refractivity contribution in [2.45, 2.75) is 6.92 Å². The summed E-state index contributed by atoms with van der Waals surface area (Å²) in [4.78, 5) is 20.9. The third-order valence-electron chi connectivity index (χ3n) is 3.23. The Morgan fingerprint density at radius 2 is 2.04 bits per heavy atom. The second kappa shape index (κ2) is 6.67. The Morgan fingerprint density at radius 3 is 2.75 bits per heavy atom. The fraction of sp³-hybridized carbons (Fsp3) is 0.125. The first-order valence-electron chi connectivity index (χ1n) is 7.19. The van der Waals surface area contributed by atoms with E-state index in [0.29, 0.717) is 22.3 Å². The van der Waals surface area contributed by atoms with Crippen LogP contribution in [0.3, 0.4) is 0 Å². The molecule has 3 rings (SSSR count). The van der Waals surface area contributed by atoms with Crippen LogP contribution in [0.25, 0.3) is 0 Å². The molecule has 0 fully saturated rings. The lowest BCUT2D eigenvalue weighted by Gasteiger charge is -2.12. The van der Waals surface area contributed by atoms with Crippen LogP contribution in [-0.4, -0.2) is 25.7 Å². The molecule has 122 valence electrons. The average molecular weight is 343 g/mol. The zero-order valence-electron chi connectivity index (χ0n) is 13.1. The Hall–Kier alpha value is -2.93. The summed E-state index contributed by atoms with van der Waals surface area (Å²) in [7, 11) is 1.78. The summed E-state index contributed by atoms with van der Waals surface area (Å²) in [5.41, 5.74) is 2.10. The molecule has 0 bridgehead atoms. The lowest BCUT2D eigenvalue weighted by molar-refractivity contribution is 0.102. The third kappa shape index (κ3) is 3.52. The molecule has 24 heavy (non-hydrogen) atoms. The van der Waals surface area contributed by atoms with Gasteiger partial charge in [0.2, 0.25) is 0 Å². The molecule has 3 aromatic rings. The highest BCUT2D eigenvalue weighted by molar-refractivity contribution is 6.32. The van der Waals surface area contributed by atoms with Gasteiger partial charge in [-0.3, -0.25) is 9.48 Å². The predicted molar refractivity (Wildman–Crippen MR) is 92.7 cm³/mol. The first-order valence-corrected chi connectivity index (χ1v) is 7.57. The maximum Gasteiger partial charge on any atom is 0.277 e. The molecular formula is C16H15ClN6O. The molecule has 8 heteroatoms. The van der Waals surface area contributed by atoms with Crippen LogP contribution < -0.4 is 10.6 Å². The predicted octanol–water partition coefficient (Wildman–Crippen LogP) is 3.17. The second-order valence-electron chi connectivity index (χ2n) is 5.14. The Labute approximate surface area is 143 Å². The average Bonchev–Trinajstić information content (AvgIpc) is 2.96. The number of aryl methyl sites for hydroxylation is 2. The van der Waals surface area contributed by atoms with E-state index in [-0.39, 0.29) is 11.6 Å². The van der Waals surface area contributed by atoms with E-state index in [1.165, 1.54) is 0 Å². The van der Waals surface area contributed by atoms with Crippen molar-refractivity contribution in [3.05, 3.63) is 59.3 Å². The van der Waals surface area contributed by atoms with E-state index in [1.807, 2.05) is 13.0 Å². The van der Waals surface area contributed by atoms with Crippen molar-refractivity contribution in [2.24, 2.45) is 7.05 Å². The van der Waals surface area contributed by atoms with Crippen LogP contribution in [0, 0.1) is 6.92 Å². The van der Waals surface area contributed by atoms with Gasteiger partial charge in [-0.25, -0.2) is 9.97 Å². The van der Waals surface area contributed by atoms with E-state index < -0.39 is 0 Å². The molecule has 0 atom stereocenters. The van der Waals surface area contributed by atoms with Crippen molar-refractivity contribution in [1.82, 2.24) is 19.7 Å². The highest BCUT2D eigenvalue weighted by atomic mass is 35.5. The second-order valence-corrected chi connectivity index (χ2v) is 5.50. The minimum Gasteiger partial charge on any atom is -0.351 e. The van der Waals surface area contributed by atoms with E-state index in [2.05, 4.69) is 25.7 Å². The number of anilines is 3. The highest BCUT2D eigenvalue weighted by Gasteiger charge is 2.16. The van der Waals surface area contributed by atoms with Crippen molar-refractivity contribution in [3.8, 4) is 0 Å². The van der Waals surface area contributed by atoms with Crippen LogP contribution in [0.2, 0.25) is 5.15 Å². The number of hydrogen-bond donors (Lipinski definition) is 2. The van der Waals surface area contributed by atoms with Gasteiger partial charge in [0.1, 0.15) is 0 Å². The van der Waals surface area contributed by atoms with Gasteiger partial charge < -0.3 is 10.6 Å². The number of hydrogen-bond acceptors (Lipinski definition) is 5. The topological polar surface area (TPSA) is 84.7 Å². The fourth-order valence-corrected chi connectivity index (χ4v) is 2.28. The van der Waals surface area contributed by atoms with Crippen molar-refractivity contribution in [3.63, 3.8) is 0 Å². The van der Waals surface area contributed by atoms with Crippen LogP contribution in [0.15, 0.2) is 42.7 Å². The van der Waals surface area contributed by atoms with Crippen LogP contribution >= 0.6 is 11.6 Å². The summed E-state index contributed by atoms with van der Waals surface area (Å²) in [6.07, 6.45) is 3.34. The number of nitrogens with zero attached hydrogens (tertiary/aromatic N) is 4. The standard InChI is InChI=1S/C16H15ClN6O/c1-10-5-6-11(20-12-4-3-8-18-15(12)17)14(19-10)16(24)21-13-7-9-23(2)22-13/h3-9,20H,1-2H3,(H,21,22,24). The minimum atomic E-state index is -0.361. The molecule has 1 amide bonds. The lowest BCUT2D eigenvalue weighted by Crippen LogP contribution is -2.17. The van der Waals surface area contributed by atoms with E-state index in [9.17, 15) is 4.79 Å². The first-order chi connectivity index (χ1) is 11.5. The van der Waals surface area contributed by atoms with Crippen molar-refractivity contribution < 1.29 is 4.79 Å². The highest BCUT2D eigenvalue weighted by Crippen LogP contribution is 2.25. The molecule has 0 radical (unpaired) electrons. The zero-order valence-corrected chi connectivity index (χ0v) is 13.9. The summed E-state index contributed by atoms with van der Waals surface area (Å²) in [5.74, 6) is 0.0936. The van der Waals surface area contributed by atoms with Gasteiger partial charge in [-0.2, -0.15) is 5.10 Å². The van der Waals surface area contributed by atoms with Gasteiger partial charge in [-0.05, 0) is 31.2 Å². The normalized spacial score (nSPS) is 10.5. The van der Waals surface area contributed by atoms with E-state index >= 15 is 0 Å². The third-order valence-corrected chi connectivity index (χ3v) is 3.53. The Bertz CT molecular complexity index is 892. The largest absolute Gasteiger partial charge is 0.351 e. The molecule has 0 saturated heterocycles. The molecule has 0 spiro atoms. The van der Waals surface area contributed by atoms with Crippen LogP contribution in [0.5, 0.6) is 0 Å². The number of carbonyl (C=O) groups excluding carboxylic acids is 1. The quantitative estimate of drug-likeness (QED) is 0.711. The van der Waals surface area contributed by atoms with E-state index in [1.54, 1.807) is 48.4 Å². The van der Waals surface area contributed by atoms with Crippen LogP contribution in [0.4, 0.5) is 17.2 Å². The van der Waals surface area contributed by atoms with Crippen molar-refractivity contribution in [1.29, 1.82) is 0 Å².